The SMILES string of the molecule is OCC1O[C@@H](O[C@@H]2C(CO)O[C@@H](Oc3ccc(-c4c5nc(c(-c6ccccc6)c6ccc([nH]6)c(-c6ccccc6)c6nc(c(-c7ccccc7)c7ccc4[nH]7)C=C6)C=C5)cc3)C(O)C2O)C(O)C(O)[C@H]1O. The number of aromatic amines is 2. The minimum Gasteiger partial charge on any atom is -0.462 e. The summed E-state index contributed by atoms with van der Waals surface area (Å²) in [5.41, 5.74) is 13.7. The summed E-state index contributed by atoms with van der Waals surface area (Å²) in [7, 11) is 0. The zero-order valence-corrected chi connectivity index (χ0v) is 37.9. The van der Waals surface area contributed by atoms with Gasteiger partial charge in [0.2, 0.25) is 6.29 Å². The first kappa shape index (κ1) is 46.3. The van der Waals surface area contributed by atoms with Gasteiger partial charge in [0.25, 0.3) is 0 Å². The number of rotatable bonds is 10. The predicted molar refractivity (Wildman–Crippen MR) is 268 cm³/mol. The molecule has 4 aromatic carbocycles. The highest BCUT2D eigenvalue weighted by Crippen LogP contribution is 2.39. The number of ether oxygens (including phenoxy) is 4. The first-order chi connectivity index (χ1) is 34.7. The van der Waals surface area contributed by atoms with Crippen molar-refractivity contribution in [1.29, 1.82) is 0 Å². The Kier molecular flexibility index (Phi) is 12.8. The summed E-state index contributed by atoms with van der Waals surface area (Å²) in [4.78, 5) is 18.2. The molecule has 4 aliphatic rings. The Bertz CT molecular complexity index is 3230. The van der Waals surface area contributed by atoms with Gasteiger partial charge < -0.3 is 64.7 Å². The molecular weight excluding hydrogens is 905 g/mol. The predicted octanol–water partition coefficient (Wildman–Crippen LogP) is 6.33. The number of benzene rings is 4. The minimum atomic E-state index is -1.79. The van der Waals surface area contributed by atoms with Crippen molar-refractivity contribution >= 4 is 46.4 Å². The molecule has 3 aromatic heterocycles. The Morgan fingerprint density at radius 3 is 1.20 bits per heavy atom. The third-order valence-corrected chi connectivity index (χ3v) is 13.3. The van der Waals surface area contributed by atoms with Gasteiger partial charge in [-0.05, 0) is 83.0 Å². The summed E-state index contributed by atoms with van der Waals surface area (Å²) in [5, 5.41) is 73.5. The Labute approximate surface area is 406 Å². The van der Waals surface area contributed by atoms with Crippen LogP contribution in [0.1, 0.15) is 22.8 Å². The first-order valence-corrected chi connectivity index (χ1v) is 23.4. The molecule has 7 aromatic rings. The zero-order valence-electron chi connectivity index (χ0n) is 37.9. The van der Waals surface area contributed by atoms with Gasteiger partial charge in [0, 0.05) is 44.3 Å². The van der Waals surface area contributed by atoms with Crippen LogP contribution >= 0.6 is 0 Å². The average Bonchev–Trinajstić information content (AvgIpc) is 4.26. The zero-order chi connectivity index (χ0) is 48.8. The molecule has 0 saturated carbocycles. The minimum absolute atomic E-state index is 0.263. The van der Waals surface area contributed by atoms with Crippen LogP contribution in [0.25, 0.3) is 90.9 Å². The highest BCUT2D eigenvalue weighted by Gasteiger charge is 2.51. The third-order valence-electron chi connectivity index (χ3n) is 13.3. The number of aromatic nitrogens is 4. The van der Waals surface area contributed by atoms with Gasteiger partial charge in [-0.3, -0.25) is 0 Å². The third kappa shape index (κ3) is 8.78. The van der Waals surface area contributed by atoms with Crippen LogP contribution in [-0.4, -0.2) is 130 Å². The lowest BCUT2D eigenvalue weighted by atomic mass is 9.97. The molecule has 0 spiro atoms. The first-order valence-electron chi connectivity index (χ1n) is 23.4. The molecule has 0 aliphatic carbocycles. The van der Waals surface area contributed by atoms with Gasteiger partial charge in [0.05, 0.1) is 36.0 Å². The van der Waals surface area contributed by atoms with Gasteiger partial charge in [0.15, 0.2) is 6.29 Å². The second kappa shape index (κ2) is 19.6. The quantitative estimate of drug-likeness (QED) is 0.0731. The number of aliphatic hydroxyl groups excluding tert-OH is 7. The van der Waals surface area contributed by atoms with Gasteiger partial charge in [0.1, 0.15) is 54.6 Å². The highest BCUT2D eigenvalue weighted by atomic mass is 16.7. The lowest BCUT2D eigenvalue weighted by molar-refractivity contribution is -0.352. The molecule has 15 nitrogen and oxygen atoms in total. The van der Waals surface area contributed by atoms with Crippen LogP contribution in [0.4, 0.5) is 0 Å². The summed E-state index contributed by atoms with van der Waals surface area (Å²) >= 11 is 0. The van der Waals surface area contributed by atoms with E-state index in [0.717, 1.165) is 83.7 Å². The highest BCUT2D eigenvalue weighted by molar-refractivity contribution is 5.99. The van der Waals surface area contributed by atoms with E-state index >= 15 is 0 Å². The van der Waals surface area contributed by atoms with Crippen LogP contribution in [0.5, 0.6) is 5.75 Å². The largest absolute Gasteiger partial charge is 0.462 e. The van der Waals surface area contributed by atoms with E-state index in [1.807, 2.05) is 91.0 Å². The van der Waals surface area contributed by atoms with E-state index in [-0.39, 0.29) is 5.75 Å². The molecule has 15 heteroatoms. The van der Waals surface area contributed by atoms with Gasteiger partial charge in [-0.1, -0.05) is 103 Å². The number of hydrogen-bond donors (Lipinski definition) is 9. The maximum atomic E-state index is 11.3. The molecule has 7 heterocycles. The molecule has 9 N–H and O–H groups in total. The van der Waals surface area contributed by atoms with Gasteiger partial charge >= 0.3 is 0 Å². The Hall–Kier alpha value is -7.12. The van der Waals surface area contributed by atoms with Crippen LogP contribution in [0.3, 0.4) is 0 Å². The van der Waals surface area contributed by atoms with Gasteiger partial charge in [-0.2, -0.15) is 0 Å². The molecular formula is C56H50N4O11. The monoisotopic (exact) mass is 954 g/mol. The van der Waals surface area contributed by atoms with E-state index in [2.05, 4.69) is 70.7 Å². The summed E-state index contributed by atoms with van der Waals surface area (Å²) in [6, 6.07) is 45.9. The Balaban J connectivity index is 1.01. The van der Waals surface area contributed by atoms with E-state index < -0.39 is 74.6 Å². The van der Waals surface area contributed by atoms with E-state index in [1.54, 1.807) is 12.1 Å². The topological polar surface area (TPSA) is 236 Å². The lowest BCUT2D eigenvalue weighted by Crippen LogP contribution is -2.65. The van der Waals surface area contributed by atoms with E-state index in [4.69, 9.17) is 28.9 Å². The van der Waals surface area contributed by atoms with Crippen LogP contribution in [0.2, 0.25) is 0 Å². The molecule has 4 aliphatic heterocycles. The maximum Gasteiger partial charge on any atom is 0.229 e. The summed E-state index contributed by atoms with van der Waals surface area (Å²) in [6.45, 7) is -1.41. The fourth-order valence-corrected chi connectivity index (χ4v) is 9.72. The molecule has 11 rings (SSSR count). The average molecular weight is 955 g/mol. The fraction of sp³-hybridized carbons (Fsp3) is 0.214. The fourth-order valence-electron chi connectivity index (χ4n) is 9.72. The second-order valence-electron chi connectivity index (χ2n) is 17.7. The number of fused-ring (bicyclic) bond motifs is 8. The number of aliphatic hydroxyl groups is 7. The number of nitrogens with one attached hydrogen (secondary N) is 2. The summed E-state index contributed by atoms with van der Waals surface area (Å²) in [5.74, 6) is 0.263. The van der Waals surface area contributed by atoms with Crippen LogP contribution < -0.4 is 4.74 Å². The van der Waals surface area contributed by atoms with Crippen LogP contribution in [0.15, 0.2) is 140 Å². The lowest BCUT2D eigenvalue weighted by Gasteiger charge is -2.45. The van der Waals surface area contributed by atoms with Crippen molar-refractivity contribution < 1.29 is 54.7 Å². The Morgan fingerprint density at radius 2 is 0.789 bits per heavy atom. The Morgan fingerprint density at radius 1 is 0.408 bits per heavy atom. The number of nitrogens with zero attached hydrogens (tertiary/aromatic N) is 2. The molecule has 8 bridgehead atoms. The van der Waals surface area contributed by atoms with Crippen LogP contribution in [0, 0.1) is 0 Å². The van der Waals surface area contributed by atoms with Crippen molar-refractivity contribution in [1.82, 2.24) is 19.9 Å². The van der Waals surface area contributed by atoms with Crippen molar-refractivity contribution in [2.45, 2.75) is 61.4 Å². The number of H-pyrrole nitrogens is 2. The normalized spacial score (nSPS) is 25.1. The molecule has 0 radical (unpaired) electrons. The van der Waals surface area contributed by atoms with Gasteiger partial charge in [-0.15, -0.1) is 0 Å². The molecule has 0 amide bonds. The molecule has 360 valence electrons. The maximum absolute atomic E-state index is 11.3. The van der Waals surface area contributed by atoms with Gasteiger partial charge in [-0.25, -0.2) is 9.97 Å². The molecule has 10 atom stereocenters. The summed E-state index contributed by atoms with van der Waals surface area (Å²) < 4.78 is 23.2. The second-order valence-corrected chi connectivity index (χ2v) is 17.7. The van der Waals surface area contributed by atoms with Crippen molar-refractivity contribution in [2.24, 2.45) is 0 Å². The van der Waals surface area contributed by atoms with Crippen molar-refractivity contribution in [3.8, 4) is 50.3 Å². The number of hydrogen-bond acceptors (Lipinski definition) is 13. The van der Waals surface area contributed by atoms with E-state index in [1.165, 1.54) is 0 Å². The van der Waals surface area contributed by atoms with Crippen molar-refractivity contribution in [3.63, 3.8) is 0 Å². The van der Waals surface area contributed by atoms with Crippen molar-refractivity contribution in [3.05, 3.63) is 162 Å². The van der Waals surface area contributed by atoms with E-state index in [0.29, 0.717) is 5.69 Å². The molecule has 2 saturated heterocycles. The summed E-state index contributed by atoms with van der Waals surface area (Å²) in [6.07, 6.45) is -7.71. The van der Waals surface area contributed by atoms with E-state index in [9.17, 15) is 35.7 Å². The van der Waals surface area contributed by atoms with Crippen molar-refractivity contribution in [2.75, 3.05) is 13.2 Å². The van der Waals surface area contributed by atoms with Crippen LogP contribution in [-0.2, 0) is 14.2 Å². The standard InChI is InChI=1S/C56H50N4O11/c61-28-43-49(63)50(64)52(66)56(69-43)71-54-44(29-62)70-55(53(67)51(54)65)68-34-18-16-33(17-19-34)48-41-26-24-39(59-41)46(31-12-6-2-7-13-31)37-22-20-35(57-37)45(30-10-4-1-5-11-30)36-21-23-38(58-36)47(32-14-8-3-9-15-32)40-25-27-42(48)60-40/h1-27,43-44,49-57,60-67H,28-29H2/t43?,44?,49-,50?,51?,52?,53?,54+,55+,56-/m0/s1. The molecule has 6 unspecified atom stereocenters. The smallest absolute Gasteiger partial charge is 0.229 e. The molecule has 2 fully saturated rings. The molecule has 71 heavy (non-hydrogen) atoms.